The van der Waals surface area contributed by atoms with Gasteiger partial charge in [-0.25, -0.2) is 0 Å². The molecule has 0 unspecified atom stereocenters. The SMILES string of the molecule is C1=c2ccccc2=CC12CNC2. The van der Waals surface area contributed by atoms with Crippen LogP contribution in [0.5, 0.6) is 0 Å². The van der Waals surface area contributed by atoms with Crippen LogP contribution in [0.1, 0.15) is 0 Å². The molecule has 0 atom stereocenters. The van der Waals surface area contributed by atoms with Gasteiger partial charge in [0.15, 0.2) is 0 Å². The Bertz CT molecular complexity index is 390. The number of hydrogen-bond donors (Lipinski definition) is 1. The topological polar surface area (TPSA) is 12.0 Å². The van der Waals surface area contributed by atoms with Gasteiger partial charge in [0.1, 0.15) is 0 Å². The van der Waals surface area contributed by atoms with Crippen molar-refractivity contribution in [1.82, 2.24) is 5.32 Å². The maximum atomic E-state index is 3.32. The van der Waals surface area contributed by atoms with Crippen LogP contribution >= 0.6 is 0 Å². The van der Waals surface area contributed by atoms with E-state index in [1.807, 2.05) is 0 Å². The fourth-order valence-corrected chi connectivity index (χ4v) is 2.05. The Balaban J connectivity index is 2.28. The summed E-state index contributed by atoms with van der Waals surface area (Å²) >= 11 is 0. The van der Waals surface area contributed by atoms with Gasteiger partial charge in [-0.05, 0) is 10.4 Å². The number of rotatable bonds is 0. The standard InChI is InChI=1S/C11H11N/c1-2-4-10-6-11(7-12-8-11)5-9(10)3-1/h1-6,12H,7-8H2. The molecular formula is C11H11N. The lowest BCUT2D eigenvalue weighted by atomic mass is 9.83. The summed E-state index contributed by atoms with van der Waals surface area (Å²) in [5, 5.41) is 6.12. The third-order valence-electron chi connectivity index (χ3n) is 2.79. The fourth-order valence-electron chi connectivity index (χ4n) is 2.05. The summed E-state index contributed by atoms with van der Waals surface area (Å²) in [5.74, 6) is 0. The molecule has 0 bridgehead atoms. The van der Waals surface area contributed by atoms with Crippen molar-refractivity contribution in [3.8, 4) is 0 Å². The zero-order valence-electron chi connectivity index (χ0n) is 6.88. The van der Waals surface area contributed by atoms with Crippen LogP contribution in [-0.2, 0) is 0 Å². The molecule has 1 saturated heterocycles. The van der Waals surface area contributed by atoms with E-state index in [2.05, 4.69) is 41.7 Å². The van der Waals surface area contributed by atoms with Crippen molar-refractivity contribution >= 4 is 12.2 Å². The van der Waals surface area contributed by atoms with Crippen molar-refractivity contribution in [2.45, 2.75) is 0 Å². The van der Waals surface area contributed by atoms with E-state index in [0.717, 1.165) is 13.1 Å². The molecule has 0 aromatic heterocycles. The third kappa shape index (κ3) is 0.718. The Kier molecular flexibility index (Phi) is 1.07. The molecule has 1 fully saturated rings. The Hall–Kier alpha value is -1.08. The van der Waals surface area contributed by atoms with Crippen molar-refractivity contribution in [1.29, 1.82) is 0 Å². The van der Waals surface area contributed by atoms with E-state index in [-0.39, 0.29) is 0 Å². The molecule has 0 radical (unpaired) electrons. The third-order valence-corrected chi connectivity index (χ3v) is 2.79. The molecule has 0 amide bonds. The predicted octanol–water partition coefficient (Wildman–Crippen LogP) is -0.149. The molecule has 60 valence electrons. The summed E-state index contributed by atoms with van der Waals surface area (Å²) in [6.45, 7) is 2.23. The van der Waals surface area contributed by atoms with Gasteiger partial charge in [-0.3, -0.25) is 0 Å². The van der Waals surface area contributed by atoms with E-state index >= 15 is 0 Å². The summed E-state index contributed by atoms with van der Waals surface area (Å²) in [6.07, 6.45) is 4.78. The van der Waals surface area contributed by atoms with Crippen molar-refractivity contribution in [2.75, 3.05) is 13.1 Å². The van der Waals surface area contributed by atoms with Gasteiger partial charge in [0.25, 0.3) is 0 Å². The number of fused-ring (bicyclic) bond motifs is 1. The van der Waals surface area contributed by atoms with Gasteiger partial charge < -0.3 is 5.32 Å². The molecule has 1 heterocycles. The Labute approximate surface area is 71.4 Å². The summed E-state index contributed by atoms with van der Waals surface area (Å²) < 4.78 is 0. The van der Waals surface area contributed by atoms with E-state index in [0.29, 0.717) is 5.41 Å². The average molecular weight is 157 g/mol. The molecule has 1 N–H and O–H groups in total. The molecule has 1 nitrogen and oxygen atoms in total. The molecule has 1 heteroatoms. The maximum absolute atomic E-state index is 3.32. The molecule has 0 saturated carbocycles. The van der Waals surface area contributed by atoms with E-state index in [1.165, 1.54) is 10.4 Å². The Morgan fingerprint density at radius 3 is 2.00 bits per heavy atom. The minimum Gasteiger partial charge on any atom is -0.314 e. The van der Waals surface area contributed by atoms with Crippen LogP contribution in [0.2, 0.25) is 0 Å². The first-order valence-electron chi connectivity index (χ1n) is 4.40. The van der Waals surface area contributed by atoms with E-state index < -0.39 is 0 Å². The van der Waals surface area contributed by atoms with Gasteiger partial charge in [0, 0.05) is 18.5 Å². The number of nitrogens with one attached hydrogen (secondary N) is 1. The summed E-state index contributed by atoms with van der Waals surface area (Å²) in [5.41, 5.74) is 0.365. The highest BCUT2D eigenvalue weighted by atomic mass is 15.0. The lowest BCUT2D eigenvalue weighted by Crippen LogP contribution is -2.49. The monoisotopic (exact) mass is 157 g/mol. The van der Waals surface area contributed by atoms with E-state index in [4.69, 9.17) is 0 Å². The van der Waals surface area contributed by atoms with Crippen molar-refractivity contribution in [3.63, 3.8) is 0 Å². The predicted molar refractivity (Wildman–Crippen MR) is 49.9 cm³/mol. The lowest BCUT2D eigenvalue weighted by molar-refractivity contribution is 0.360. The molecule has 3 rings (SSSR count). The van der Waals surface area contributed by atoms with Crippen LogP contribution in [0, 0.1) is 5.41 Å². The second-order valence-electron chi connectivity index (χ2n) is 3.75. The number of benzene rings is 1. The molecule has 1 aliphatic carbocycles. The zero-order valence-corrected chi connectivity index (χ0v) is 6.88. The first-order chi connectivity index (χ1) is 5.88. The summed E-state index contributed by atoms with van der Waals surface area (Å²) in [4.78, 5) is 0. The summed E-state index contributed by atoms with van der Waals surface area (Å²) in [7, 11) is 0. The van der Waals surface area contributed by atoms with Crippen molar-refractivity contribution in [3.05, 3.63) is 34.7 Å². The van der Waals surface area contributed by atoms with Gasteiger partial charge >= 0.3 is 0 Å². The van der Waals surface area contributed by atoms with Crippen LogP contribution < -0.4 is 15.8 Å². The Morgan fingerprint density at radius 1 is 1.00 bits per heavy atom. The van der Waals surface area contributed by atoms with E-state index in [9.17, 15) is 0 Å². The average Bonchev–Trinajstić information content (AvgIpc) is 2.42. The smallest absolute Gasteiger partial charge is 0.0329 e. The highest BCUT2D eigenvalue weighted by molar-refractivity contribution is 5.59. The number of hydrogen-bond acceptors (Lipinski definition) is 1. The van der Waals surface area contributed by atoms with Crippen LogP contribution in [-0.4, -0.2) is 13.1 Å². The quantitative estimate of drug-likeness (QED) is 0.552. The second-order valence-corrected chi connectivity index (χ2v) is 3.75. The lowest BCUT2D eigenvalue weighted by Gasteiger charge is -2.35. The maximum Gasteiger partial charge on any atom is 0.0329 e. The van der Waals surface area contributed by atoms with E-state index in [1.54, 1.807) is 0 Å². The summed E-state index contributed by atoms with van der Waals surface area (Å²) in [6, 6.07) is 8.60. The van der Waals surface area contributed by atoms with Crippen LogP contribution in [0.4, 0.5) is 0 Å². The highest BCUT2D eigenvalue weighted by Gasteiger charge is 2.33. The minimum absolute atomic E-state index is 0.365. The molecule has 2 aliphatic rings. The molecule has 1 aliphatic heterocycles. The molecule has 1 spiro atoms. The van der Waals surface area contributed by atoms with Crippen LogP contribution in [0.3, 0.4) is 0 Å². The normalized spacial score (nSPS) is 22.3. The van der Waals surface area contributed by atoms with Gasteiger partial charge in [-0.15, -0.1) is 0 Å². The molecule has 12 heavy (non-hydrogen) atoms. The molecular weight excluding hydrogens is 146 g/mol. The van der Waals surface area contributed by atoms with Crippen molar-refractivity contribution in [2.24, 2.45) is 5.41 Å². The highest BCUT2D eigenvalue weighted by Crippen LogP contribution is 2.27. The molecule has 1 aromatic rings. The second kappa shape index (κ2) is 1.99. The first kappa shape index (κ1) is 6.44. The van der Waals surface area contributed by atoms with Gasteiger partial charge in [-0.1, -0.05) is 36.4 Å². The van der Waals surface area contributed by atoms with Gasteiger partial charge in [0.2, 0.25) is 0 Å². The minimum atomic E-state index is 0.365. The molecule has 1 aromatic carbocycles. The Morgan fingerprint density at radius 2 is 1.58 bits per heavy atom. The van der Waals surface area contributed by atoms with Crippen LogP contribution in [0.25, 0.3) is 12.2 Å². The van der Waals surface area contributed by atoms with Crippen molar-refractivity contribution < 1.29 is 0 Å². The fraction of sp³-hybridized carbons (Fsp3) is 0.273. The van der Waals surface area contributed by atoms with Crippen LogP contribution in [0.15, 0.2) is 24.3 Å². The first-order valence-corrected chi connectivity index (χ1v) is 4.40. The van der Waals surface area contributed by atoms with Gasteiger partial charge in [-0.2, -0.15) is 0 Å². The zero-order chi connectivity index (χ0) is 8.02. The largest absolute Gasteiger partial charge is 0.314 e. The van der Waals surface area contributed by atoms with Gasteiger partial charge in [0.05, 0.1) is 0 Å².